The van der Waals surface area contributed by atoms with Crippen molar-refractivity contribution in [1.29, 1.82) is 0 Å². The Labute approximate surface area is 173 Å². The number of aryl methyl sites for hydroxylation is 1. The Kier molecular flexibility index (Phi) is 6.17. The third kappa shape index (κ3) is 5.97. The van der Waals surface area contributed by atoms with Crippen molar-refractivity contribution in [3.8, 4) is 5.69 Å². The zero-order valence-electron chi connectivity index (χ0n) is 18.1. The van der Waals surface area contributed by atoms with Crippen molar-refractivity contribution in [3.63, 3.8) is 0 Å². The smallest absolute Gasteiger partial charge is 0.407 e. The van der Waals surface area contributed by atoms with E-state index in [2.05, 4.69) is 28.2 Å². The number of nitrogen functional groups attached to an aromatic ring is 1. The maximum Gasteiger partial charge on any atom is 0.407 e. The maximum absolute atomic E-state index is 12.1. The molecule has 2 unspecified atom stereocenters. The van der Waals surface area contributed by atoms with Crippen molar-refractivity contribution in [2.75, 3.05) is 18.8 Å². The molecule has 158 valence electrons. The second-order valence-corrected chi connectivity index (χ2v) is 9.11. The van der Waals surface area contributed by atoms with Gasteiger partial charge in [0, 0.05) is 43.2 Å². The lowest BCUT2D eigenvalue weighted by Crippen LogP contribution is -2.50. The first kappa shape index (κ1) is 21.2. The number of hydrogen-bond donors (Lipinski definition) is 2. The van der Waals surface area contributed by atoms with Gasteiger partial charge in [-0.05, 0) is 63.8 Å². The minimum Gasteiger partial charge on any atom is -0.444 e. The summed E-state index contributed by atoms with van der Waals surface area (Å²) in [4.78, 5) is 18.8. The van der Waals surface area contributed by atoms with Crippen LogP contribution < -0.4 is 11.1 Å². The van der Waals surface area contributed by atoms with Crippen LogP contribution in [0, 0.1) is 12.8 Å². The van der Waals surface area contributed by atoms with E-state index in [0.717, 1.165) is 43.1 Å². The summed E-state index contributed by atoms with van der Waals surface area (Å²) in [5.74, 6) is 0.341. The number of hydrogen-bond acceptors (Lipinski definition) is 5. The van der Waals surface area contributed by atoms with Crippen LogP contribution in [0.1, 0.15) is 45.4 Å². The summed E-state index contributed by atoms with van der Waals surface area (Å²) in [7, 11) is 0. The van der Waals surface area contributed by atoms with Crippen molar-refractivity contribution in [2.24, 2.45) is 5.92 Å². The molecule has 0 radical (unpaired) electrons. The summed E-state index contributed by atoms with van der Waals surface area (Å²) in [5, 5.41) is 3.03. The predicted octanol–water partition coefficient (Wildman–Crippen LogP) is 3.50. The van der Waals surface area contributed by atoms with Gasteiger partial charge in [0.25, 0.3) is 0 Å². The van der Waals surface area contributed by atoms with Gasteiger partial charge in [0.05, 0.1) is 12.0 Å². The van der Waals surface area contributed by atoms with E-state index in [0.29, 0.717) is 5.92 Å². The van der Waals surface area contributed by atoms with Crippen molar-refractivity contribution < 1.29 is 9.53 Å². The van der Waals surface area contributed by atoms with Gasteiger partial charge in [0.2, 0.25) is 0 Å². The van der Waals surface area contributed by atoms with Crippen LogP contribution in [0.15, 0.2) is 30.7 Å². The highest BCUT2D eigenvalue weighted by molar-refractivity contribution is 5.68. The Balaban J connectivity index is 1.60. The Morgan fingerprint density at radius 1 is 1.34 bits per heavy atom. The summed E-state index contributed by atoms with van der Waals surface area (Å²) >= 11 is 0. The number of nitrogens with one attached hydrogen (secondary N) is 1. The number of benzene rings is 1. The van der Waals surface area contributed by atoms with Crippen LogP contribution in [0.2, 0.25) is 0 Å². The molecular weight excluding hydrogens is 366 g/mol. The molecule has 1 aromatic heterocycles. The lowest BCUT2D eigenvalue weighted by molar-refractivity contribution is 0.0439. The van der Waals surface area contributed by atoms with Gasteiger partial charge in [0.15, 0.2) is 0 Å². The minimum atomic E-state index is -0.479. The van der Waals surface area contributed by atoms with Gasteiger partial charge in [-0.1, -0.05) is 6.92 Å². The molecule has 0 bridgehead atoms. The summed E-state index contributed by atoms with van der Waals surface area (Å²) in [6.07, 6.45) is 4.37. The van der Waals surface area contributed by atoms with Crippen LogP contribution >= 0.6 is 0 Å². The van der Waals surface area contributed by atoms with Crippen molar-refractivity contribution in [3.05, 3.63) is 42.0 Å². The number of ether oxygens (including phenoxy) is 1. The van der Waals surface area contributed by atoms with Gasteiger partial charge < -0.3 is 20.4 Å². The number of rotatable bonds is 4. The molecule has 1 aliphatic rings. The lowest BCUT2D eigenvalue weighted by Gasteiger charge is -2.37. The number of piperidine rings is 1. The molecule has 0 saturated carbocycles. The molecule has 0 spiro atoms. The standard InChI is InChI=1S/C22H33N5O2/c1-15-11-26(7-6-20(15)25-21(28)29-22(3,4)5)13-17-8-18(23)10-19(9-17)27-12-16(2)24-14-27/h8-10,12,14-15,20H,6-7,11,13,23H2,1-5H3,(H,25,28). The molecule has 1 fully saturated rings. The van der Waals surface area contributed by atoms with Crippen LogP contribution in [-0.4, -0.2) is 45.3 Å². The maximum atomic E-state index is 12.1. The van der Waals surface area contributed by atoms with E-state index in [1.165, 1.54) is 5.56 Å². The lowest BCUT2D eigenvalue weighted by atomic mass is 9.93. The molecule has 1 amide bonds. The van der Waals surface area contributed by atoms with Crippen molar-refractivity contribution in [1.82, 2.24) is 19.8 Å². The molecule has 2 atom stereocenters. The van der Waals surface area contributed by atoms with E-state index in [4.69, 9.17) is 10.5 Å². The Bertz CT molecular complexity index is 855. The highest BCUT2D eigenvalue weighted by atomic mass is 16.6. The van der Waals surface area contributed by atoms with E-state index in [1.807, 2.05) is 56.9 Å². The molecule has 29 heavy (non-hydrogen) atoms. The number of nitrogens with two attached hydrogens (primary N) is 1. The first-order valence-electron chi connectivity index (χ1n) is 10.2. The average Bonchev–Trinajstić information content (AvgIpc) is 3.02. The minimum absolute atomic E-state index is 0.131. The fraction of sp³-hybridized carbons (Fsp3) is 0.545. The molecular formula is C22H33N5O2. The number of aromatic nitrogens is 2. The van der Waals surface area contributed by atoms with Gasteiger partial charge >= 0.3 is 6.09 Å². The highest BCUT2D eigenvalue weighted by Crippen LogP contribution is 2.22. The first-order chi connectivity index (χ1) is 13.6. The molecule has 1 saturated heterocycles. The third-order valence-electron chi connectivity index (χ3n) is 5.11. The van der Waals surface area contributed by atoms with Gasteiger partial charge in [-0.2, -0.15) is 0 Å². The molecule has 1 aromatic carbocycles. The molecule has 7 heteroatoms. The number of carbonyl (C=O) groups excluding carboxylic acids is 1. The zero-order valence-corrected chi connectivity index (χ0v) is 18.1. The molecule has 0 aliphatic carbocycles. The van der Waals surface area contributed by atoms with Crippen molar-refractivity contribution in [2.45, 2.75) is 59.2 Å². The van der Waals surface area contributed by atoms with E-state index < -0.39 is 5.60 Å². The zero-order chi connectivity index (χ0) is 21.2. The molecule has 1 aliphatic heterocycles. The normalized spacial score (nSPS) is 20.4. The fourth-order valence-electron chi connectivity index (χ4n) is 3.81. The van der Waals surface area contributed by atoms with Gasteiger partial charge in [-0.15, -0.1) is 0 Å². The number of likely N-dealkylation sites (tertiary alicyclic amines) is 1. The SMILES string of the molecule is Cc1cn(-c2cc(N)cc(CN3CCC(NC(=O)OC(C)(C)C)C(C)C3)c2)cn1. The average molecular weight is 400 g/mol. The van der Waals surface area contributed by atoms with Crippen LogP contribution in [-0.2, 0) is 11.3 Å². The summed E-state index contributed by atoms with van der Waals surface area (Å²) in [6, 6.07) is 6.28. The molecule has 7 nitrogen and oxygen atoms in total. The van der Waals surface area contributed by atoms with Gasteiger partial charge in [0.1, 0.15) is 5.60 Å². The second kappa shape index (κ2) is 8.45. The molecule has 3 rings (SSSR count). The molecule has 3 N–H and O–H groups in total. The topological polar surface area (TPSA) is 85.4 Å². The largest absolute Gasteiger partial charge is 0.444 e. The summed E-state index contributed by atoms with van der Waals surface area (Å²) < 4.78 is 7.39. The Morgan fingerprint density at radius 2 is 2.10 bits per heavy atom. The second-order valence-electron chi connectivity index (χ2n) is 9.11. The van der Waals surface area contributed by atoms with E-state index in [1.54, 1.807) is 0 Å². The van der Waals surface area contributed by atoms with Crippen LogP contribution in [0.25, 0.3) is 5.69 Å². The van der Waals surface area contributed by atoms with Crippen LogP contribution in [0.3, 0.4) is 0 Å². The number of amides is 1. The quantitative estimate of drug-likeness (QED) is 0.769. The van der Waals surface area contributed by atoms with Crippen LogP contribution in [0.5, 0.6) is 0 Å². The van der Waals surface area contributed by atoms with E-state index in [-0.39, 0.29) is 12.1 Å². The predicted molar refractivity (Wildman–Crippen MR) is 115 cm³/mol. The number of anilines is 1. The Hall–Kier alpha value is -2.54. The third-order valence-corrected chi connectivity index (χ3v) is 5.11. The number of nitrogens with zero attached hydrogens (tertiary/aromatic N) is 3. The van der Waals surface area contributed by atoms with Crippen molar-refractivity contribution >= 4 is 11.8 Å². The van der Waals surface area contributed by atoms with E-state index in [9.17, 15) is 4.79 Å². The fourth-order valence-corrected chi connectivity index (χ4v) is 3.81. The van der Waals surface area contributed by atoms with Crippen LogP contribution in [0.4, 0.5) is 10.5 Å². The summed E-state index contributed by atoms with van der Waals surface area (Å²) in [5.41, 5.74) is 9.59. The molecule has 2 aromatic rings. The number of imidazole rings is 1. The number of alkyl carbamates (subject to hydrolysis) is 1. The molecule has 2 heterocycles. The first-order valence-corrected chi connectivity index (χ1v) is 10.2. The summed E-state index contributed by atoms with van der Waals surface area (Å²) in [6.45, 7) is 12.4. The number of carbonyl (C=O) groups is 1. The monoisotopic (exact) mass is 399 g/mol. The Morgan fingerprint density at radius 3 is 2.72 bits per heavy atom. The van der Waals surface area contributed by atoms with E-state index >= 15 is 0 Å². The van der Waals surface area contributed by atoms with Gasteiger partial charge in [-0.25, -0.2) is 9.78 Å². The highest BCUT2D eigenvalue weighted by Gasteiger charge is 2.29. The van der Waals surface area contributed by atoms with Gasteiger partial charge in [-0.3, -0.25) is 4.90 Å².